The van der Waals surface area contributed by atoms with Gasteiger partial charge in [-0.1, -0.05) is 48.1 Å². The van der Waals surface area contributed by atoms with Gasteiger partial charge in [-0.2, -0.15) is 0 Å². The minimum Gasteiger partial charge on any atom is -0.0809 e. The van der Waals surface area contributed by atoms with E-state index in [0.29, 0.717) is 0 Å². The summed E-state index contributed by atoms with van der Waals surface area (Å²) in [4.78, 5) is 0. The number of benzene rings is 1. The molecule has 0 spiro atoms. The molecule has 66 valence electrons. The van der Waals surface area contributed by atoms with Gasteiger partial charge in [-0.3, -0.25) is 0 Å². The van der Waals surface area contributed by atoms with Crippen LogP contribution in [0.4, 0.5) is 0 Å². The van der Waals surface area contributed by atoms with Crippen LogP contribution in [-0.4, -0.2) is 0 Å². The van der Waals surface area contributed by atoms with Crippen LogP contribution < -0.4 is 0 Å². The second kappa shape index (κ2) is 3.61. The Morgan fingerprint density at radius 1 is 0.923 bits per heavy atom. The molecule has 0 atom stereocenters. The average molecular weight is 170 g/mol. The third-order valence-electron chi connectivity index (χ3n) is 2.49. The van der Waals surface area contributed by atoms with E-state index >= 15 is 0 Å². The Morgan fingerprint density at radius 3 is 2.31 bits per heavy atom. The Hall–Kier alpha value is -1.30. The SMILES string of the molecule is CC1=CCC(c2ccccc2)=CC1. The molecule has 1 aromatic carbocycles. The maximum Gasteiger partial charge on any atom is -0.00919 e. The van der Waals surface area contributed by atoms with Gasteiger partial charge in [0.05, 0.1) is 0 Å². The molecule has 0 heterocycles. The van der Waals surface area contributed by atoms with E-state index in [1.807, 2.05) is 0 Å². The van der Waals surface area contributed by atoms with Gasteiger partial charge in [0, 0.05) is 0 Å². The predicted octanol–water partition coefficient (Wildman–Crippen LogP) is 3.81. The zero-order valence-corrected chi connectivity index (χ0v) is 7.96. The summed E-state index contributed by atoms with van der Waals surface area (Å²) in [7, 11) is 0. The van der Waals surface area contributed by atoms with Crippen molar-refractivity contribution in [1.82, 2.24) is 0 Å². The fraction of sp³-hybridized carbons (Fsp3) is 0.231. The Balaban J connectivity index is 2.21. The molecule has 13 heavy (non-hydrogen) atoms. The monoisotopic (exact) mass is 170 g/mol. The van der Waals surface area contributed by atoms with Gasteiger partial charge in [0.2, 0.25) is 0 Å². The van der Waals surface area contributed by atoms with Crippen LogP contribution in [0.2, 0.25) is 0 Å². The molecule has 0 amide bonds. The Kier molecular flexibility index (Phi) is 2.31. The highest BCUT2D eigenvalue weighted by Gasteiger charge is 2.03. The second-order valence-electron chi connectivity index (χ2n) is 3.55. The molecule has 1 aromatic rings. The molecule has 0 unspecified atom stereocenters. The van der Waals surface area contributed by atoms with Crippen LogP contribution in [0.15, 0.2) is 48.1 Å². The van der Waals surface area contributed by atoms with E-state index in [2.05, 4.69) is 49.4 Å². The zero-order chi connectivity index (χ0) is 9.10. The van der Waals surface area contributed by atoms with Crippen LogP contribution in [-0.2, 0) is 0 Å². The smallest absolute Gasteiger partial charge is 0.00919 e. The summed E-state index contributed by atoms with van der Waals surface area (Å²) in [5, 5.41) is 0. The highest BCUT2D eigenvalue weighted by Crippen LogP contribution is 2.25. The summed E-state index contributed by atoms with van der Waals surface area (Å²) in [5.74, 6) is 0. The molecule has 0 bridgehead atoms. The molecule has 0 saturated carbocycles. The molecule has 1 aliphatic rings. The van der Waals surface area contributed by atoms with Crippen molar-refractivity contribution in [3.05, 3.63) is 53.6 Å². The topological polar surface area (TPSA) is 0 Å². The summed E-state index contributed by atoms with van der Waals surface area (Å²) in [6.45, 7) is 2.19. The quantitative estimate of drug-likeness (QED) is 0.562. The lowest BCUT2D eigenvalue weighted by Crippen LogP contribution is -1.89. The van der Waals surface area contributed by atoms with Crippen LogP contribution >= 0.6 is 0 Å². The van der Waals surface area contributed by atoms with Crippen molar-refractivity contribution in [1.29, 1.82) is 0 Å². The van der Waals surface area contributed by atoms with E-state index < -0.39 is 0 Å². The molecule has 1 aliphatic carbocycles. The van der Waals surface area contributed by atoms with Crippen LogP contribution in [0, 0.1) is 0 Å². The maximum atomic E-state index is 2.34. The number of rotatable bonds is 1. The fourth-order valence-corrected chi connectivity index (χ4v) is 1.62. The first-order chi connectivity index (χ1) is 6.36. The van der Waals surface area contributed by atoms with Crippen LogP contribution in [0.1, 0.15) is 25.3 Å². The predicted molar refractivity (Wildman–Crippen MR) is 57.4 cm³/mol. The summed E-state index contributed by atoms with van der Waals surface area (Å²) in [6, 6.07) is 10.6. The van der Waals surface area contributed by atoms with Gasteiger partial charge in [-0.25, -0.2) is 0 Å². The standard InChI is InChI=1S/C13H14/c1-11-7-9-13(10-8-11)12-5-3-2-4-6-12/h2-7,10H,8-9H2,1H3. The van der Waals surface area contributed by atoms with Gasteiger partial charge in [-0.15, -0.1) is 0 Å². The first-order valence-electron chi connectivity index (χ1n) is 4.76. The molecule has 0 nitrogen and oxygen atoms in total. The van der Waals surface area contributed by atoms with Gasteiger partial charge in [-0.05, 0) is 30.9 Å². The lowest BCUT2D eigenvalue weighted by molar-refractivity contribution is 1.13. The molecule has 0 aromatic heterocycles. The lowest BCUT2D eigenvalue weighted by atomic mass is 9.95. The van der Waals surface area contributed by atoms with Crippen LogP contribution in [0.5, 0.6) is 0 Å². The van der Waals surface area contributed by atoms with Gasteiger partial charge < -0.3 is 0 Å². The summed E-state index contributed by atoms with van der Waals surface area (Å²) in [5.41, 5.74) is 4.32. The molecule has 0 N–H and O–H groups in total. The normalized spacial score (nSPS) is 16.4. The van der Waals surface area contributed by atoms with Gasteiger partial charge in [0.1, 0.15) is 0 Å². The van der Waals surface area contributed by atoms with E-state index in [1.54, 1.807) is 0 Å². The maximum absolute atomic E-state index is 2.34. The van der Waals surface area contributed by atoms with E-state index in [-0.39, 0.29) is 0 Å². The molecule has 0 heteroatoms. The van der Waals surface area contributed by atoms with E-state index in [1.165, 1.54) is 16.7 Å². The highest BCUT2D eigenvalue weighted by molar-refractivity contribution is 5.68. The van der Waals surface area contributed by atoms with E-state index in [9.17, 15) is 0 Å². The van der Waals surface area contributed by atoms with Crippen molar-refractivity contribution < 1.29 is 0 Å². The Bertz CT molecular complexity index is 342. The van der Waals surface area contributed by atoms with E-state index in [4.69, 9.17) is 0 Å². The highest BCUT2D eigenvalue weighted by atomic mass is 14.1. The van der Waals surface area contributed by atoms with Crippen molar-refractivity contribution >= 4 is 5.57 Å². The third-order valence-corrected chi connectivity index (χ3v) is 2.49. The van der Waals surface area contributed by atoms with Crippen molar-refractivity contribution in [2.75, 3.05) is 0 Å². The summed E-state index contributed by atoms with van der Waals surface area (Å²) >= 11 is 0. The molecular formula is C13H14. The number of allylic oxidation sites excluding steroid dienone is 4. The van der Waals surface area contributed by atoms with Crippen molar-refractivity contribution in [3.63, 3.8) is 0 Å². The molecule has 0 aliphatic heterocycles. The number of hydrogen-bond donors (Lipinski definition) is 0. The molecule has 2 rings (SSSR count). The van der Waals surface area contributed by atoms with Gasteiger partial charge in [0.25, 0.3) is 0 Å². The molecule has 0 fully saturated rings. The molecule has 0 saturated heterocycles. The minimum absolute atomic E-state index is 1.09. The largest absolute Gasteiger partial charge is 0.0809 e. The summed E-state index contributed by atoms with van der Waals surface area (Å²) < 4.78 is 0. The minimum atomic E-state index is 1.09. The third kappa shape index (κ3) is 1.89. The van der Waals surface area contributed by atoms with Crippen LogP contribution in [0.3, 0.4) is 0 Å². The average Bonchev–Trinajstić information content (AvgIpc) is 2.20. The van der Waals surface area contributed by atoms with Gasteiger partial charge >= 0.3 is 0 Å². The second-order valence-corrected chi connectivity index (χ2v) is 3.55. The molecular weight excluding hydrogens is 156 g/mol. The lowest BCUT2D eigenvalue weighted by Gasteiger charge is -2.11. The summed E-state index contributed by atoms with van der Waals surface area (Å²) in [6.07, 6.45) is 6.87. The number of hydrogen-bond acceptors (Lipinski definition) is 0. The van der Waals surface area contributed by atoms with Gasteiger partial charge in [0.15, 0.2) is 0 Å². The first kappa shape index (κ1) is 8.31. The fourth-order valence-electron chi connectivity index (χ4n) is 1.62. The van der Waals surface area contributed by atoms with Crippen LogP contribution in [0.25, 0.3) is 5.57 Å². The van der Waals surface area contributed by atoms with Crippen molar-refractivity contribution in [2.24, 2.45) is 0 Å². The Labute approximate surface area is 79.6 Å². The zero-order valence-electron chi connectivity index (χ0n) is 7.96. The van der Waals surface area contributed by atoms with Crippen molar-refractivity contribution in [3.8, 4) is 0 Å². The Morgan fingerprint density at radius 2 is 1.69 bits per heavy atom. The van der Waals surface area contributed by atoms with Crippen molar-refractivity contribution in [2.45, 2.75) is 19.8 Å². The first-order valence-corrected chi connectivity index (χ1v) is 4.76. The van der Waals surface area contributed by atoms with E-state index in [0.717, 1.165) is 12.8 Å². The molecule has 0 radical (unpaired) electrons.